The predicted octanol–water partition coefficient (Wildman–Crippen LogP) is 14.3. The first kappa shape index (κ1) is 31.8. The van der Waals surface area contributed by atoms with Crippen LogP contribution in [0.4, 0.5) is 17.1 Å². The summed E-state index contributed by atoms with van der Waals surface area (Å²) in [7, 11) is 0. The van der Waals surface area contributed by atoms with Crippen molar-refractivity contribution in [2.75, 3.05) is 4.90 Å². The third-order valence-electron chi connectivity index (χ3n) is 11.1. The minimum absolute atomic E-state index is 0.279. The fraction of sp³-hybridized carbons (Fsp3) is 0.0980. The van der Waals surface area contributed by atoms with Gasteiger partial charge in [-0.15, -0.1) is 0 Å². The number of rotatable bonds is 6. The first-order valence-electron chi connectivity index (χ1n) is 18.5. The Morgan fingerprint density at radius 3 is 1.75 bits per heavy atom. The van der Waals surface area contributed by atoms with Crippen molar-refractivity contribution in [2.24, 2.45) is 0 Å². The van der Waals surface area contributed by atoms with Crippen molar-refractivity contribution >= 4 is 27.8 Å². The molecule has 0 N–H and O–H groups in total. The van der Waals surface area contributed by atoms with Crippen LogP contribution in [0.1, 0.15) is 36.0 Å². The molecule has 1 unspecified atom stereocenters. The molecule has 0 amide bonds. The maximum atomic E-state index is 2.53. The second-order valence-electron chi connectivity index (χ2n) is 14.0. The molecule has 0 saturated heterocycles. The third-order valence-corrected chi connectivity index (χ3v) is 11.1. The summed E-state index contributed by atoms with van der Waals surface area (Å²) >= 11 is 0. The Morgan fingerprint density at radius 2 is 1.00 bits per heavy atom. The summed E-state index contributed by atoms with van der Waals surface area (Å²) in [6, 6.07) is 67.1. The summed E-state index contributed by atoms with van der Waals surface area (Å²) in [4.78, 5) is 2.53. The molecule has 8 aromatic rings. The molecular formula is C51H41N. The van der Waals surface area contributed by atoms with E-state index in [0.717, 1.165) is 18.5 Å². The highest BCUT2D eigenvalue weighted by Gasteiger charge is 2.28. The second kappa shape index (κ2) is 13.5. The summed E-state index contributed by atoms with van der Waals surface area (Å²) in [6.07, 6.45) is 1.97. The van der Waals surface area contributed by atoms with Gasteiger partial charge in [-0.1, -0.05) is 165 Å². The van der Waals surface area contributed by atoms with Crippen LogP contribution < -0.4 is 4.90 Å². The molecule has 0 fully saturated rings. The lowest BCUT2D eigenvalue weighted by Gasteiger charge is -2.34. The Balaban J connectivity index is 1.33. The van der Waals surface area contributed by atoms with Gasteiger partial charge in [0.1, 0.15) is 0 Å². The Labute approximate surface area is 307 Å². The lowest BCUT2D eigenvalue weighted by Crippen LogP contribution is -2.17. The molecule has 0 aromatic heterocycles. The smallest absolute Gasteiger partial charge is 0.0540 e. The Morgan fingerprint density at radius 1 is 0.462 bits per heavy atom. The molecule has 250 valence electrons. The van der Waals surface area contributed by atoms with Gasteiger partial charge in [-0.25, -0.2) is 0 Å². The van der Waals surface area contributed by atoms with Gasteiger partial charge in [0.2, 0.25) is 0 Å². The summed E-state index contributed by atoms with van der Waals surface area (Å²) in [6.45, 7) is 4.68. The molecule has 0 saturated carbocycles. The molecule has 0 heterocycles. The second-order valence-corrected chi connectivity index (χ2v) is 14.0. The van der Waals surface area contributed by atoms with Crippen molar-refractivity contribution in [3.05, 3.63) is 199 Å². The van der Waals surface area contributed by atoms with Crippen LogP contribution >= 0.6 is 0 Å². The molecule has 0 aliphatic heterocycles. The van der Waals surface area contributed by atoms with E-state index >= 15 is 0 Å². The number of para-hydroxylation sites is 1. The SMILES string of the molecule is CCC1Cc2cccc3cccc(c23)-c2cccc(c2C)-c2cccc(N(c3ccc(-c4ccccc4)cc3)c3ccccc3-c3ccccc3)c21. The standard InChI is InChI=1S/C51H41N/c1-3-36-34-41-22-12-20-40-21-13-26-46(50(40)41)43-24-14-25-44(35(43)2)47-27-15-29-49(51(36)47)52(42-32-30-38(31-33-42)37-16-6-4-7-17-37)48-28-11-10-23-45(48)39-18-8-5-9-19-39/h4-33,36H,3,34H2,1-2H3. The monoisotopic (exact) mass is 667 g/mol. The van der Waals surface area contributed by atoms with E-state index in [1.807, 2.05) is 0 Å². The molecule has 1 aliphatic carbocycles. The predicted molar refractivity (Wildman–Crippen MR) is 222 cm³/mol. The minimum atomic E-state index is 0.279. The van der Waals surface area contributed by atoms with Gasteiger partial charge in [0, 0.05) is 11.3 Å². The molecule has 1 aliphatic rings. The molecule has 0 radical (unpaired) electrons. The molecule has 0 spiro atoms. The van der Waals surface area contributed by atoms with Crippen molar-refractivity contribution < 1.29 is 0 Å². The Hall–Kier alpha value is -6.18. The van der Waals surface area contributed by atoms with Crippen LogP contribution in [0.5, 0.6) is 0 Å². The molecule has 1 atom stereocenters. The van der Waals surface area contributed by atoms with E-state index in [-0.39, 0.29) is 5.92 Å². The van der Waals surface area contributed by atoms with Gasteiger partial charge in [0.05, 0.1) is 11.4 Å². The molecule has 8 aromatic carbocycles. The summed E-state index contributed by atoms with van der Waals surface area (Å²) in [5.41, 5.74) is 17.8. The van der Waals surface area contributed by atoms with Crippen molar-refractivity contribution in [1.29, 1.82) is 0 Å². The van der Waals surface area contributed by atoms with Crippen LogP contribution in [0.25, 0.3) is 55.3 Å². The normalized spacial score (nSPS) is 13.4. The highest BCUT2D eigenvalue weighted by molar-refractivity contribution is 6.01. The molecule has 1 heteroatoms. The summed E-state index contributed by atoms with van der Waals surface area (Å²) in [5.74, 6) is 0.279. The number of hydrogen-bond acceptors (Lipinski definition) is 1. The van der Waals surface area contributed by atoms with Gasteiger partial charge in [-0.05, 0) is 116 Å². The lowest BCUT2D eigenvalue weighted by atomic mass is 9.78. The first-order chi connectivity index (χ1) is 25.7. The van der Waals surface area contributed by atoms with Crippen LogP contribution in [-0.2, 0) is 6.42 Å². The van der Waals surface area contributed by atoms with Gasteiger partial charge in [0.25, 0.3) is 0 Å². The van der Waals surface area contributed by atoms with Gasteiger partial charge in [0.15, 0.2) is 0 Å². The van der Waals surface area contributed by atoms with Crippen LogP contribution in [0.2, 0.25) is 0 Å². The largest absolute Gasteiger partial charge is 0.310 e. The van der Waals surface area contributed by atoms with E-state index in [2.05, 4.69) is 201 Å². The average molecular weight is 668 g/mol. The van der Waals surface area contributed by atoms with Crippen molar-refractivity contribution in [3.63, 3.8) is 0 Å². The fourth-order valence-electron chi connectivity index (χ4n) is 8.53. The van der Waals surface area contributed by atoms with Gasteiger partial charge >= 0.3 is 0 Å². The molecule has 2 bridgehead atoms. The zero-order chi connectivity index (χ0) is 35.0. The van der Waals surface area contributed by atoms with Crippen LogP contribution in [0, 0.1) is 6.92 Å². The number of nitrogens with zero attached hydrogens (tertiary/aromatic N) is 1. The topological polar surface area (TPSA) is 3.24 Å². The first-order valence-corrected chi connectivity index (χ1v) is 18.5. The number of anilines is 3. The zero-order valence-corrected chi connectivity index (χ0v) is 29.8. The van der Waals surface area contributed by atoms with E-state index in [1.165, 1.54) is 83.3 Å². The van der Waals surface area contributed by atoms with Crippen molar-refractivity contribution in [1.82, 2.24) is 0 Å². The van der Waals surface area contributed by atoms with E-state index in [0.29, 0.717) is 0 Å². The van der Waals surface area contributed by atoms with Crippen LogP contribution in [0.15, 0.2) is 182 Å². The highest BCUT2D eigenvalue weighted by atomic mass is 15.1. The Bertz CT molecular complexity index is 2520. The zero-order valence-electron chi connectivity index (χ0n) is 29.8. The Kier molecular flexibility index (Phi) is 8.25. The van der Waals surface area contributed by atoms with E-state index in [4.69, 9.17) is 0 Å². The molecular weight excluding hydrogens is 627 g/mol. The number of hydrogen-bond donors (Lipinski definition) is 0. The van der Waals surface area contributed by atoms with E-state index in [9.17, 15) is 0 Å². The van der Waals surface area contributed by atoms with Crippen molar-refractivity contribution in [2.45, 2.75) is 32.6 Å². The summed E-state index contributed by atoms with van der Waals surface area (Å²) in [5, 5.41) is 2.69. The maximum Gasteiger partial charge on any atom is 0.0540 e. The molecule has 52 heavy (non-hydrogen) atoms. The molecule has 1 nitrogen and oxygen atoms in total. The highest BCUT2D eigenvalue weighted by Crippen LogP contribution is 2.50. The number of fused-ring (bicyclic) bond motifs is 5. The van der Waals surface area contributed by atoms with Crippen LogP contribution in [-0.4, -0.2) is 0 Å². The van der Waals surface area contributed by atoms with Gasteiger partial charge in [-0.3, -0.25) is 0 Å². The maximum absolute atomic E-state index is 2.53. The average Bonchev–Trinajstić information content (AvgIpc) is 3.21. The third kappa shape index (κ3) is 5.50. The fourth-order valence-corrected chi connectivity index (χ4v) is 8.53. The number of benzene rings is 8. The quantitative estimate of drug-likeness (QED) is 0.171. The van der Waals surface area contributed by atoms with Crippen molar-refractivity contribution in [3.8, 4) is 44.5 Å². The van der Waals surface area contributed by atoms with E-state index < -0.39 is 0 Å². The van der Waals surface area contributed by atoms with E-state index in [1.54, 1.807) is 0 Å². The minimum Gasteiger partial charge on any atom is -0.310 e. The van der Waals surface area contributed by atoms with Gasteiger partial charge < -0.3 is 4.90 Å². The molecule has 9 rings (SSSR count). The summed E-state index contributed by atoms with van der Waals surface area (Å²) < 4.78 is 0. The van der Waals surface area contributed by atoms with Gasteiger partial charge in [-0.2, -0.15) is 0 Å². The lowest BCUT2D eigenvalue weighted by molar-refractivity contribution is 0.664. The van der Waals surface area contributed by atoms with Crippen LogP contribution in [0.3, 0.4) is 0 Å².